The second kappa shape index (κ2) is 12.5. The molecule has 1 nitrogen and oxygen atoms in total. The van der Waals surface area contributed by atoms with Crippen LogP contribution in [0.15, 0.2) is 0 Å². The van der Waals surface area contributed by atoms with Gasteiger partial charge in [0.15, 0.2) is 0 Å². The molecular weight excluding hydrogens is 377 g/mol. The molecule has 0 aliphatic rings. The maximum atomic E-state index is 7.38. The molecule has 0 aliphatic heterocycles. The molecule has 0 amide bonds. The van der Waals surface area contributed by atoms with Gasteiger partial charge in [-0.15, -0.1) is 0 Å². The Morgan fingerprint density at radius 3 is 1.29 bits per heavy atom. The van der Waals surface area contributed by atoms with Gasteiger partial charge in [-0.2, -0.15) is 0 Å². The molecule has 21 heavy (non-hydrogen) atoms. The summed E-state index contributed by atoms with van der Waals surface area (Å²) in [5.74, 6) is 0. The predicted molar refractivity (Wildman–Crippen MR) is 103 cm³/mol. The molecule has 0 spiro atoms. The zero-order chi connectivity index (χ0) is 16.2. The molecule has 0 fully saturated rings. The van der Waals surface area contributed by atoms with Crippen molar-refractivity contribution in [2.45, 2.75) is 112 Å². The van der Waals surface area contributed by atoms with Crippen LogP contribution < -0.4 is 0 Å². The fourth-order valence-corrected chi connectivity index (χ4v) is 36.8. The quantitative estimate of drug-likeness (QED) is 0.267. The van der Waals surface area contributed by atoms with Crippen molar-refractivity contribution in [1.29, 1.82) is 0 Å². The van der Waals surface area contributed by atoms with Gasteiger partial charge in [-0.05, 0) is 0 Å². The van der Waals surface area contributed by atoms with Crippen LogP contribution in [0.5, 0.6) is 0 Å². The molecule has 0 saturated carbocycles. The van der Waals surface area contributed by atoms with Gasteiger partial charge in [0.2, 0.25) is 0 Å². The van der Waals surface area contributed by atoms with Crippen LogP contribution in [0.4, 0.5) is 0 Å². The van der Waals surface area contributed by atoms with Gasteiger partial charge in [0, 0.05) is 0 Å². The monoisotopic (exact) mass is 422 g/mol. The van der Waals surface area contributed by atoms with Gasteiger partial charge in [0.1, 0.15) is 0 Å². The molecule has 0 aliphatic carbocycles. The minimum atomic E-state index is -2.05. The van der Waals surface area contributed by atoms with Crippen LogP contribution in [0.3, 0.4) is 0 Å². The summed E-state index contributed by atoms with van der Waals surface area (Å²) >= 11 is -4.07. The van der Waals surface area contributed by atoms with E-state index in [0.717, 1.165) is 0 Å². The van der Waals surface area contributed by atoms with Gasteiger partial charge in [-0.25, -0.2) is 0 Å². The molecular formula is C18H42Ge2O. The van der Waals surface area contributed by atoms with E-state index in [4.69, 9.17) is 2.79 Å². The Morgan fingerprint density at radius 2 is 0.952 bits per heavy atom. The Balaban J connectivity index is 5.15. The van der Waals surface area contributed by atoms with Crippen LogP contribution in [-0.2, 0) is 2.79 Å². The van der Waals surface area contributed by atoms with E-state index in [1.165, 1.54) is 70.0 Å². The zero-order valence-corrected chi connectivity index (χ0v) is 20.1. The third kappa shape index (κ3) is 7.92. The number of hydrogen-bond donors (Lipinski definition) is 0. The average molecular weight is 420 g/mol. The number of hydrogen-bond acceptors (Lipinski definition) is 1. The summed E-state index contributed by atoms with van der Waals surface area (Å²) in [5, 5.41) is 8.67. The summed E-state index contributed by atoms with van der Waals surface area (Å²) in [7, 11) is 0. The average Bonchev–Trinajstić information content (AvgIpc) is 2.50. The van der Waals surface area contributed by atoms with Crippen LogP contribution in [0.2, 0.25) is 31.5 Å². The Hall–Kier alpha value is 1.05. The molecule has 0 rings (SSSR count). The van der Waals surface area contributed by atoms with Gasteiger partial charge in [0.25, 0.3) is 0 Å². The summed E-state index contributed by atoms with van der Waals surface area (Å²) in [4.78, 5) is 0. The maximum absolute atomic E-state index is 7.38. The van der Waals surface area contributed by atoms with Crippen molar-refractivity contribution < 1.29 is 2.79 Å². The summed E-state index contributed by atoms with van der Waals surface area (Å²) in [6.07, 6.45) is 8.21. The van der Waals surface area contributed by atoms with Gasteiger partial charge >= 0.3 is 142 Å². The molecule has 0 saturated heterocycles. The van der Waals surface area contributed by atoms with Crippen molar-refractivity contribution in [2.75, 3.05) is 0 Å². The molecule has 0 aromatic rings. The molecule has 0 aromatic carbocycles. The topological polar surface area (TPSA) is 9.23 Å². The third-order valence-corrected chi connectivity index (χ3v) is 33.0. The van der Waals surface area contributed by atoms with E-state index < -0.39 is 27.2 Å². The summed E-state index contributed by atoms with van der Waals surface area (Å²) in [6.45, 7) is 14.3. The first kappa shape index (κ1) is 22.0. The van der Waals surface area contributed by atoms with E-state index in [1.807, 2.05) is 0 Å². The predicted octanol–water partition coefficient (Wildman–Crippen LogP) is 7.35. The molecule has 0 N–H and O–H groups in total. The van der Waals surface area contributed by atoms with Crippen molar-refractivity contribution in [3.8, 4) is 0 Å². The van der Waals surface area contributed by atoms with Crippen LogP contribution in [0.25, 0.3) is 0 Å². The van der Waals surface area contributed by atoms with Gasteiger partial charge in [0.05, 0.1) is 0 Å². The van der Waals surface area contributed by atoms with Crippen molar-refractivity contribution >= 4 is 27.2 Å². The first-order valence-electron chi connectivity index (χ1n) is 9.77. The fourth-order valence-electron chi connectivity index (χ4n) is 3.70. The van der Waals surface area contributed by atoms with Crippen LogP contribution in [-0.4, -0.2) is 27.2 Å². The summed E-state index contributed by atoms with van der Waals surface area (Å²) in [6, 6.07) is 0. The van der Waals surface area contributed by atoms with Crippen molar-refractivity contribution in [1.82, 2.24) is 0 Å². The second-order valence-corrected chi connectivity index (χ2v) is 26.6. The first-order chi connectivity index (χ1) is 10.1. The molecule has 3 heteroatoms. The Bertz CT molecular complexity index is 233. The van der Waals surface area contributed by atoms with E-state index in [0.29, 0.717) is 0 Å². The van der Waals surface area contributed by atoms with Gasteiger partial charge < -0.3 is 0 Å². The molecule has 0 heterocycles. The number of unbranched alkanes of at least 4 members (excludes halogenated alkanes) is 2. The van der Waals surface area contributed by atoms with Crippen molar-refractivity contribution in [3.63, 3.8) is 0 Å². The second-order valence-electron chi connectivity index (χ2n) is 6.88. The third-order valence-electron chi connectivity index (χ3n) is 5.10. The van der Waals surface area contributed by atoms with Crippen LogP contribution in [0.1, 0.15) is 80.1 Å². The van der Waals surface area contributed by atoms with Crippen molar-refractivity contribution in [3.05, 3.63) is 0 Å². The van der Waals surface area contributed by atoms with Crippen molar-refractivity contribution in [2.24, 2.45) is 0 Å². The number of rotatable bonds is 14. The Morgan fingerprint density at radius 1 is 0.524 bits per heavy atom. The van der Waals surface area contributed by atoms with E-state index >= 15 is 0 Å². The molecule has 0 bridgehead atoms. The molecule has 0 aromatic heterocycles. The molecule has 0 unspecified atom stereocenters. The standard InChI is InChI=1S/C18H42Ge2O/c1-7-13-17-19(11-5,12-6)21-20(15-9-3,16-10-4)18-14-8-2/h7-18H2,1-6H3. The zero-order valence-electron chi connectivity index (χ0n) is 15.9. The first-order valence-corrected chi connectivity index (χ1v) is 20.4. The minimum absolute atomic E-state index is 1.34. The van der Waals surface area contributed by atoms with E-state index in [-0.39, 0.29) is 0 Å². The SMILES string of the molecule is CCC[CH2][Ge]([CH2]C)([CH2]C)[O][Ge]([CH2]CC)([CH2]CC)[CH2]CCC. The molecule has 128 valence electrons. The summed E-state index contributed by atoms with van der Waals surface area (Å²) in [5.41, 5.74) is 0. The van der Waals surface area contributed by atoms with Gasteiger partial charge in [-0.1, -0.05) is 0 Å². The van der Waals surface area contributed by atoms with E-state index in [1.54, 1.807) is 0 Å². The van der Waals surface area contributed by atoms with Crippen LogP contribution in [0, 0.1) is 0 Å². The molecule has 0 radical (unpaired) electrons. The fraction of sp³-hybridized carbons (Fsp3) is 1.00. The van der Waals surface area contributed by atoms with E-state index in [9.17, 15) is 0 Å². The Labute approximate surface area is 141 Å². The Kier molecular flexibility index (Phi) is 13.1. The van der Waals surface area contributed by atoms with E-state index in [2.05, 4.69) is 41.5 Å². The normalized spacial score (nSPS) is 12.9. The summed E-state index contributed by atoms with van der Waals surface area (Å²) < 4.78 is 7.38. The van der Waals surface area contributed by atoms with Gasteiger partial charge in [-0.3, -0.25) is 0 Å². The van der Waals surface area contributed by atoms with Crippen LogP contribution >= 0.6 is 0 Å². The molecule has 0 atom stereocenters.